The highest BCUT2D eigenvalue weighted by Crippen LogP contribution is 2.26. The smallest absolute Gasteiger partial charge is 0.346 e. The topological polar surface area (TPSA) is 124 Å². The lowest BCUT2D eigenvalue weighted by Gasteiger charge is -2.10. The van der Waals surface area contributed by atoms with Crippen molar-refractivity contribution in [3.63, 3.8) is 0 Å². The predicted molar refractivity (Wildman–Crippen MR) is 276 cm³/mol. The molecule has 0 amide bonds. The number of carbonyl (C=O) groups is 4. The molecule has 0 aliphatic heterocycles. The van der Waals surface area contributed by atoms with Gasteiger partial charge in [0.1, 0.15) is 34.6 Å². The fraction of sp³-hybridized carbons (Fsp3) is 0.433. The molecule has 0 aliphatic rings. The van der Waals surface area contributed by atoms with Crippen molar-refractivity contribution in [2.45, 2.75) is 155 Å². The standard InChI is InChI=1S/C60H72F2O10/c1-3-5-7-9-11-13-15-16-18-20-22-24-41-68-56-39-32-47(42-55(56)62)59(65)71-52-37-38-53(54(61)44-52)60(66)72-51-27-25-26-50(43-51)70-58(64)46-30-35-49(36-31-46)69-57(63)45-28-33-48(34-29-45)67-40-23-21-19-17-14-12-10-8-6-4-2/h25-39,42-44H,3-24,40-41H2,1-2H3. The number of ether oxygens (including phenoxy) is 6. The first-order valence-electron chi connectivity index (χ1n) is 26.2. The van der Waals surface area contributed by atoms with Crippen molar-refractivity contribution in [3.05, 3.63) is 143 Å². The molecular weight excluding hydrogens is 919 g/mol. The lowest BCUT2D eigenvalue weighted by Crippen LogP contribution is -2.13. The van der Waals surface area contributed by atoms with Crippen LogP contribution >= 0.6 is 0 Å². The Balaban J connectivity index is 0.991. The molecule has 12 heteroatoms. The molecule has 0 unspecified atom stereocenters. The van der Waals surface area contributed by atoms with E-state index in [1.54, 1.807) is 24.3 Å². The lowest BCUT2D eigenvalue weighted by atomic mass is 10.1. The van der Waals surface area contributed by atoms with Gasteiger partial charge in [-0.05, 0) is 104 Å². The van der Waals surface area contributed by atoms with Crippen LogP contribution in [0.1, 0.15) is 197 Å². The second kappa shape index (κ2) is 32.4. The van der Waals surface area contributed by atoms with Gasteiger partial charge in [0, 0.05) is 12.1 Å². The van der Waals surface area contributed by atoms with Crippen LogP contribution in [0, 0.1) is 11.6 Å². The Kier molecular flexibility index (Phi) is 25.4. The largest absolute Gasteiger partial charge is 0.494 e. The molecule has 0 aliphatic carbocycles. The zero-order chi connectivity index (χ0) is 51.2. The normalized spacial score (nSPS) is 10.9. The van der Waals surface area contributed by atoms with Crippen LogP contribution in [-0.2, 0) is 0 Å². The third-order valence-electron chi connectivity index (χ3n) is 12.2. The van der Waals surface area contributed by atoms with Crippen LogP contribution in [0.4, 0.5) is 8.78 Å². The number of rotatable bonds is 34. The summed E-state index contributed by atoms with van der Waals surface area (Å²) in [5.41, 5.74) is -0.0712. The third-order valence-corrected chi connectivity index (χ3v) is 12.2. The molecule has 5 rings (SSSR count). The van der Waals surface area contributed by atoms with Crippen LogP contribution in [-0.4, -0.2) is 37.1 Å². The molecule has 5 aromatic carbocycles. The van der Waals surface area contributed by atoms with Crippen molar-refractivity contribution < 1.29 is 56.4 Å². The van der Waals surface area contributed by atoms with E-state index in [9.17, 15) is 23.6 Å². The van der Waals surface area contributed by atoms with Gasteiger partial charge in [-0.3, -0.25) is 0 Å². The summed E-state index contributed by atoms with van der Waals surface area (Å²) in [5, 5.41) is 0. The highest BCUT2D eigenvalue weighted by molar-refractivity contribution is 5.94. The first kappa shape index (κ1) is 56.4. The van der Waals surface area contributed by atoms with Crippen LogP contribution in [0.3, 0.4) is 0 Å². The molecule has 72 heavy (non-hydrogen) atoms. The average molecular weight is 991 g/mol. The molecule has 10 nitrogen and oxygen atoms in total. The highest BCUT2D eigenvalue weighted by Gasteiger charge is 2.19. The Morgan fingerprint density at radius 1 is 0.347 bits per heavy atom. The Morgan fingerprint density at radius 2 is 0.736 bits per heavy atom. The van der Waals surface area contributed by atoms with Crippen molar-refractivity contribution in [1.82, 2.24) is 0 Å². The maximum absolute atomic E-state index is 15.2. The summed E-state index contributed by atoms with van der Waals surface area (Å²) in [5.74, 6) is -4.36. The molecule has 0 bridgehead atoms. The first-order valence-corrected chi connectivity index (χ1v) is 26.2. The molecular formula is C60H72F2O10. The average Bonchev–Trinajstić information content (AvgIpc) is 3.37. The van der Waals surface area contributed by atoms with Gasteiger partial charge in [0.15, 0.2) is 11.6 Å². The van der Waals surface area contributed by atoms with Crippen LogP contribution in [0.2, 0.25) is 0 Å². The molecule has 0 aromatic heterocycles. The van der Waals surface area contributed by atoms with Crippen molar-refractivity contribution in [2.75, 3.05) is 13.2 Å². The van der Waals surface area contributed by atoms with Crippen LogP contribution < -0.4 is 28.4 Å². The van der Waals surface area contributed by atoms with Gasteiger partial charge in [-0.1, -0.05) is 148 Å². The van der Waals surface area contributed by atoms with E-state index in [0.29, 0.717) is 24.5 Å². The van der Waals surface area contributed by atoms with Gasteiger partial charge >= 0.3 is 23.9 Å². The molecule has 5 aromatic rings. The van der Waals surface area contributed by atoms with Gasteiger partial charge in [-0.15, -0.1) is 0 Å². The van der Waals surface area contributed by atoms with E-state index in [4.69, 9.17) is 28.4 Å². The zero-order valence-corrected chi connectivity index (χ0v) is 42.2. The summed E-state index contributed by atoms with van der Waals surface area (Å²) >= 11 is 0. The van der Waals surface area contributed by atoms with E-state index < -0.39 is 41.1 Å². The second-order valence-corrected chi connectivity index (χ2v) is 18.1. The zero-order valence-electron chi connectivity index (χ0n) is 42.2. The number of carbonyl (C=O) groups excluding carboxylic acids is 4. The SMILES string of the molecule is CCCCCCCCCCCCCCOc1ccc(C(=O)Oc2ccc(C(=O)Oc3cccc(OC(=O)c4ccc(OC(=O)c5ccc(OCCCCCCCCCCCC)cc5)cc4)c3)c(F)c2)cc1F. The molecule has 0 fully saturated rings. The summed E-state index contributed by atoms with van der Waals surface area (Å²) in [6.45, 7) is 5.44. The minimum Gasteiger partial charge on any atom is -0.494 e. The molecule has 386 valence electrons. The number of benzene rings is 5. The van der Waals surface area contributed by atoms with E-state index in [1.807, 2.05) is 0 Å². The van der Waals surface area contributed by atoms with Gasteiger partial charge in [0.05, 0.1) is 35.5 Å². The van der Waals surface area contributed by atoms with Crippen molar-refractivity contribution in [2.24, 2.45) is 0 Å². The van der Waals surface area contributed by atoms with E-state index in [2.05, 4.69) is 13.8 Å². The van der Waals surface area contributed by atoms with Crippen molar-refractivity contribution in [1.29, 1.82) is 0 Å². The maximum Gasteiger partial charge on any atom is 0.346 e. The number of hydrogen-bond acceptors (Lipinski definition) is 10. The Bertz CT molecular complexity index is 2420. The minimum absolute atomic E-state index is 0.0249. The highest BCUT2D eigenvalue weighted by atomic mass is 19.1. The van der Waals surface area contributed by atoms with Crippen molar-refractivity contribution >= 4 is 23.9 Å². The third kappa shape index (κ3) is 20.7. The predicted octanol–water partition coefficient (Wildman–Crippen LogP) is 16.2. The molecule has 0 radical (unpaired) electrons. The number of halogens is 2. The van der Waals surface area contributed by atoms with Gasteiger partial charge < -0.3 is 28.4 Å². The monoisotopic (exact) mass is 991 g/mol. The van der Waals surface area contributed by atoms with Crippen LogP contribution in [0.25, 0.3) is 0 Å². The van der Waals surface area contributed by atoms with E-state index in [1.165, 1.54) is 176 Å². The molecule has 0 saturated carbocycles. The summed E-state index contributed by atoms with van der Waals surface area (Å²) in [6.07, 6.45) is 27.0. The summed E-state index contributed by atoms with van der Waals surface area (Å²) < 4.78 is 63.0. The summed E-state index contributed by atoms with van der Waals surface area (Å²) in [7, 11) is 0. The fourth-order valence-corrected chi connectivity index (χ4v) is 7.98. The fourth-order valence-electron chi connectivity index (χ4n) is 7.98. The first-order chi connectivity index (χ1) is 35.1. The number of esters is 4. The minimum atomic E-state index is -1.07. The van der Waals surface area contributed by atoms with Gasteiger partial charge in [0.25, 0.3) is 0 Å². The number of hydrogen-bond donors (Lipinski definition) is 0. The molecule has 0 N–H and O–H groups in total. The van der Waals surface area contributed by atoms with Gasteiger partial charge in [-0.2, -0.15) is 0 Å². The number of unbranched alkanes of at least 4 members (excludes halogenated alkanes) is 20. The molecule has 0 atom stereocenters. The molecule has 0 spiro atoms. The Labute approximate surface area is 424 Å². The molecule has 0 saturated heterocycles. The van der Waals surface area contributed by atoms with Crippen LogP contribution in [0.15, 0.2) is 109 Å². The lowest BCUT2D eigenvalue weighted by molar-refractivity contribution is 0.0720. The van der Waals surface area contributed by atoms with E-state index >= 15 is 4.39 Å². The maximum atomic E-state index is 15.2. The summed E-state index contributed by atoms with van der Waals surface area (Å²) in [4.78, 5) is 51.6. The van der Waals surface area contributed by atoms with Gasteiger partial charge in [-0.25, -0.2) is 28.0 Å². The molecule has 0 heterocycles. The Hall–Kier alpha value is -6.56. The van der Waals surface area contributed by atoms with Crippen molar-refractivity contribution in [3.8, 4) is 34.5 Å². The Morgan fingerprint density at radius 3 is 1.22 bits per heavy atom. The van der Waals surface area contributed by atoms with Crippen LogP contribution in [0.5, 0.6) is 34.5 Å². The second-order valence-electron chi connectivity index (χ2n) is 18.1. The van der Waals surface area contributed by atoms with Gasteiger partial charge in [0.2, 0.25) is 0 Å². The van der Waals surface area contributed by atoms with E-state index in [0.717, 1.165) is 50.3 Å². The summed E-state index contributed by atoms with van der Waals surface area (Å²) in [6, 6.07) is 25.1. The van der Waals surface area contributed by atoms with E-state index in [-0.39, 0.29) is 39.9 Å². The quantitative estimate of drug-likeness (QED) is 0.0223.